The first-order valence-electron chi connectivity index (χ1n) is 30.0. The van der Waals surface area contributed by atoms with Gasteiger partial charge in [-0.3, -0.25) is 4.99 Å². The predicted molar refractivity (Wildman–Crippen MR) is 375 cm³/mol. The van der Waals surface area contributed by atoms with Crippen molar-refractivity contribution in [3.8, 4) is 27.7 Å². The molecule has 94 heavy (non-hydrogen) atoms. The molecule has 0 unspecified atom stereocenters. The van der Waals surface area contributed by atoms with Gasteiger partial charge in [0.05, 0.1) is 32.2 Å². The monoisotopic (exact) mass is 1290 g/mol. The number of aromatic nitrogens is 5. The number of aromatic amines is 1. The van der Waals surface area contributed by atoms with E-state index in [0.29, 0.717) is 53.8 Å². The molecule has 8 aromatic carbocycles. The molecule has 0 amide bonds. The molecule has 0 fully saturated rings. The zero-order valence-corrected chi connectivity index (χ0v) is 53.5. The lowest BCUT2D eigenvalue weighted by molar-refractivity contribution is 0.297. The van der Waals surface area contributed by atoms with Crippen molar-refractivity contribution in [3.63, 3.8) is 0 Å². The number of nitrogens with one attached hydrogen (secondary N) is 1. The number of aryl methyl sites for hydroxylation is 3. The highest BCUT2D eigenvalue weighted by Crippen LogP contribution is 2.44. The topological polar surface area (TPSA) is 198 Å². The van der Waals surface area contributed by atoms with Crippen LogP contribution in [0, 0.1) is 20.8 Å². The first kappa shape index (κ1) is 61.8. The number of fused-ring (bicyclic) bond motifs is 6. The van der Waals surface area contributed by atoms with Gasteiger partial charge in [-0.2, -0.15) is 0 Å². The number of benzene rings is 8. The molecule has 1 aliphatic heterocycles. The van der Waals surface area contributed by atoms with Gasteiger partial charge in [0, 0.05) is 70.1 Å². The minimum Gasteiger partial charge on any atom is -0.489 e. The summed E-state index contributed by atoms with van der Waals surface area (Å²) in [4.78, 5) is 61.2. The number of thiazole rings is 1. The van der Waals surface area contributed by atoms with Gasteiger partial charge in [-0.05, 0) is 132 Å². The fourth-order valence-electron chi connectivity index (χ4n) is 10.6. The Morgan fingerprint density at radius 3 is 1.64 bits per heavy atom. The van der Waals surface area contributed by atoms with Crippen LogP contribution >= 0.6 is 34.4 Å². The molecular formula is C76H58N6O9S3. The number of H-pyrrole nitrogens is 1. The predicted octanol–water partition coefficient (Wildman–Crippen LogP) is 17.9. The molecular weight excluding hydrogens is 1240 g/mol. The van der Waals surface area contributed by atoms with Gasteiger partial charge in [-0.1, -0.05) is 127 Å². The molecule has 1 aliphatic rings. The molecule has 0 atom stereocenters. The van der Waals surface area contributed by atoms with Crippen LogP contribution in [0.1, 0.15) is 55.2 Å². The molecule has 7 aromatic heterocycles. The van der Waals surface area contributed by atoms with Crippen LogP contribution in [-0.2, 0) is 26.2 Å². The Morgan fingerprint density at radius 2 is 1.07 bits per heavy atom. The van der Waals surface area contributed by atoms with Crippen molar-refractivity contribution in [2.45, 2.75) is 57.3 Å². The molecule has 1 N–H and O–H groups in total. The number of rotatable bonds is 14. The van der Waals surface area contributed by atoms with E-state index in [2.05, 4.69) is 120 Å². The van der Waals surface area contributed by atoms with E-state index < -0.39 is 0 Å². The van der Waals surface area contributed by atoms with E-state index in [9.17, 15) is 14.4 Å². The van der Waals surface area contributed by atoms with E-state index in [1.165, 1.54) is 39.8 Å². The van der Waals surface area contributed by atoms with Crippen LogP contribution < -0.4 is 31.1 Å². The summed E-state index contributed by atoms with van der Waals surface area (Å²) in [5, 5.41) is 6.86. The Morgan fingerprint density at radius 1 is 0.532 bits per heavy atom. The maximum Gasteiger partial charge on any atom is 0.336 e. The van der Waals surface area contributed by atoms with Crippen molar-refractivity contribution >= 4 is 100 Å². The number of thiophene rings is 1. The largest absolute Gasteiger partial charge is 0.489 e. The Kier molecular flexibility index (Phi) is 18.8. The van der Waals surface area contributed by atoms with Crippen LogP contribution in [0.15, 0.2) is 268 Å². The molecule has 0 saturated heterocycles. The summed E-state index contributed by atoms with van der Waals surface area (Å²) in [7, 11) is 0. The minimum atomic E-state index is -0.357. The zero-order valence-electron chi connectivity index (χ0n) is 51.1. The lowest BCUT2D eigenvalue weighted by Crippen LogP contribution is -2.00. The van der Waals surface area contributed by atoms with Crippen molar-refractivity contribution in [1.82, 2.24) is 24.9 Å². The number of para-hydroxylation sites is 3. The summed E-state index contributed by atoms with van der Waals surface area (Å²) < 4.78 is 34.3. The molecule has 15 aromatic rings. The maximum atomic E-state index is 11.5. The smallest absolute Gasteiger partial charge is 0.336 e. The summed E-state index contributed by atoms with van der Waals surface area (Å²) in [6.07, 6.45) is 4.35. The molecule has 0 radical (unpaired) electrons. The van der Waals surface area contributed by atoms with E-state index in [-0.39, 0.29) is 22.1 Å². The number of aliphatic imine (C=N–C) groups is 1. The lowest BCUT2D eigenvalue weighted by Gasteiger charge is -2.18. The van der Waals surface area contributed by atoms with Crippen LogP contribution in [0.25, 0.3) is 64.6 Å². The van der Waals surface area contributed by atoms with Crippen molar-refractivity contribution in [3.05, 3.63) is 311 Å². The number of ether oxygens (including phenoxy) is 3. The second kappa shape index (κ2) is 28.6. The molecule has 16 rings (SSSR count). The zero-order chi connectivity index (χ0) is 64.3. The third-order valence-corrected chi connectivity index (χ3v) is 18.5. The Balaban J connectivity index is 0.000000114. The highest BCUT2D eigenvalue weighted by atomic mass is 32.2. The molecule has 0 spiro atoms. The Bertz CT molecular complexity index is 5080. The molecule has 18 heteroatoms. The van der Waals surface area contributed by atoms with Crippen molar-refractivity contribution < 1.29 is 27.5 Å². The third-order valence-electron chi connectivity index (χ3n) is 15.3. The number of hydrogen-bond donors (Lipinski definition) is 1. The number of imidazole rings is 1. The van der Waals surface area contributed by atoms with E-state index in [1.54, 1.807) is 59.0 Å². The van der Waals surface area contributed by atoms with Crippen molar-refractivity contribution in [2.75, 3.05) is 0 Å². The summed E-state index contributed by atoms with van der Waals surface area (Å²) in [5.41, 5.74) is 12.9. The summed E-state index contributed by atoms with van der Waals surface area (Å²) in [5.74, 6) is 2.72. The highest BCUT2D eigenvalue weighted by Gasteiger charge is 2.22. The normalized spacial score (nSPS) is 11.4. The van der Waals surface area contributed by atoms with Gasteiger partial charge in [0.25, 0.3) is 0 Å². The summed E-state index contributed by atoms with van der Waals surface area (Å²) in [6.45, 7) is 6.84. The summed E-state index contributed by atoms with van der Waals surface area (Å²) >= 11 is 5.08. The van der Waals surface area contributed by atoms with Gasteiger partial charge in [0.15, 0.2) is 0 Å². The second-order valence-corrected chi connectivity index (χ2v) is 25.0. The van der Waals surface area contributed by atoms with Crippen LogP contribution in [0.5, 0.6) is 17.2 Å². The van der Waals surface area contributed by atoms with Gasteiger partial charge in [0.2, 0.25) is 0 Å². The van der Waals surface area contributed by atoms with E-state index in [1.807, 2.05) is 124 Å². The first-order valence-corrected chi connectivity index (χ1v) is 32.6. The van der Waals surface area contributed by atoms with Crippen LogP contribution in [0.4, 0.5) is 5.69 Å². The van der Waals surface area contributed by atoms with Gasteiger partial charge in [-0.25, -0.2) is 34.3 Å². The third kappa shape index (κ3) is 15.0. The average Bonchev–Trinajstić information content (AvgIpc) is 1.16. The van der Waals surface area contributed by atoms with Crippen molar-refractivity contribution in [1.29, 1.82) is 0 Å². The number of thioether (sulfide) groups is 1. The highest BCUT2D eigenvalue weighted by molar-refractivity contribution is 7.99. The van der Waals surface area contributed by atoms with Crippen molar-refractivity contribution in [2.24, 2.45) is 4.99 Å². The van der Waals surface area contributed by atoms with Crippen LogP contribution in [0.2, 0.25) is 0 Å². The van der Waals surface area contributed by atoms with Gasteiger partial charge in [-0.15, -0.1) is 22.7 Å². The molecule has 464 valence electrons. The fourth-order valence-corrected chi connectivity index (χ4v) is 13.4. The van der Waals surface area contributed by atoms with E-state index in [4.69, 9.17) is 27.5 Å². The van der Waals surface area contributed by atoms with Gasteiger partial charge >= 0.3 is 16.9 Å². The molecule has 0 aliphatic carbocycles. The van der Waals surface area contributed by atoms with E-state index in [0.717, 1.165) is 93.3 Å². The van der Waals surface area contributed by atoms with E-state index >= 15 is 0 Å². The standard InChI is InChI=1S/C21H16O3S.C19H15N3S.C18H14N2O3.C18H13NO3S/c1-14-11-21(22)24-19-12-17(8-9-18(14)19)23-13-15-4-6-16(7-5-15)20-3-2-10-25-20;1-3-7-14(8-4-1)18(15-9-5-2-6-10-15)23-19-17-16(11-12-20-17)21-13-22-19;1-11-8-18(21)23-16-9-12(6-7-13(11)16)22-10-17-19-14-4-2-3-5-15(14)20-17;1-11-8-18(20)22-15-9-12(6-7-13(11)15)21-10-17-19-14-4-2-3-5-16(14)23-17/h2-12H,13H2,1H3;1-10,12-13,18H,11H2;2-9H,10H2,1H3,(H,19,20);2-9H,10H2,1H3. The Hall–Kier alpha value is -11.1. The Labute approximate surface area is 550 Å². The first-order chi connectivity index (χ1) is 46.0. The van der Waals surface area contributed by atoms with Gasteiger partial charge < -0.3 is 32.4 Å². The summed E-state index contributed by atoms with van der Waals surface area (Å²) in [6, 6.07) is 70.5. The molecule has 8 heterocycles. The van der Waals surface area contributed by atoms with Crippen LogP contribution in [-0.4, -0.2) is 31.1 Å². The second-order valence-electron chi connectivity index (χ2n) is 21.8. The maximum absolute atomic E-state index is 11.5. The molecule has 0 bridgehead atoms. The van der Waals surface area contributed by atoms with Gasteiger partial charge in [0.1, 0.15) is 81.7 Å². The molecule has 15 nitrogen and oxygen atoms in total. The van der Waals surface area contributed by atoms with Crippen LogP contribution in [0.3, 0.4) is 0 Å². The fraction of sp³-hybridized carbons (Fsp3) is 0.105. The average molecular weight is 1300 g/mol. The SMILES string of the molecule is C1=Nc2c(ncnc2SC(c2ccccc2)c2ccccc2)C1.Cc1cc(=O)oc2cc(OCc3ccc(-c4cccs4)cc3)ccc12.Cc1cc(=O)oc2cc(OCc3nc4ccccc4[nH]3)ccc12.Cc1cc(=O)oc2cc(OCc3nc4ccccc4s3)ccc12. The molecule has 0 saturated carbocycles. The number of nitrogens with zero attached hydrogens (tertiary/aromatic N) is 5. The lowest BCUT2D eigenvalue weighted by atomic mass is 10.0. The number of hydrogen-bond acceptors (Lipinski definition) is 17. The quantitative estimate of drug-likeness (QED) is 0.0613. The minimum absolute atomic E-state index is 0.187.